The van der Waals surface area contributed by atoms with E-state index in [1.807, 2.05) is 19.1 Å². The van der Waals surface area contributed by atoms with Gasteiger partial charge in [0.2, 0.25) is 0 Å². The van der Waals surface area contributed by atoms with Gasteiger partial charge in [-0.15, -0.1) is 11.3 Å². The lowest BCUT2D eigenvalue weighted by Crippen LogP contribution is -2.18. The number of benzene rings is 1. The van der Waals surface area contributed by atoms with Crippen molar-refractivity contribution in [3.8, 4) is 0 Å². The zero-order valence-electron chi connectivity index (χ0n) is 13.9. The zero-order valence-corrected chi connectivity index (χ0v) is 14.8. The maximum atomic E-state index is 12.5. The maximum absolute atomic E-state index is 12.5. The average molecular weight is 354 g/mol. The first kappa shape index (κ1) is 16.0. The van der Waals surface area contributed by atoms with Crippen molar-refractivity contribution in [2.75, 3.05) is 0 Å². The van der Waals surface area contributed by atoms with E-state index < -0.39 is 5.97 Å². The molecule has 3 aromatic rings. The van der Waals surface area contributed by atoms with Gasteiger partial charge >= 0.3 is 5.97 Å². The standard InChI is InChI=1S/C19H18N2O3S/c1-12-6-8-13(9-7-12)18(23)24-11-14-10-17(22)21-15-4-2-3-5-16(15)25-19(21)20-14/h6-10H,2-5,11H2,1H3. The van der Waals surface area contributed by atoms with Crippen LogP contribution in [-0.2, 0) is 24.2 Å². The third kappa shape index (κ3) is 3.09. The lowest BCUT2D eigenvalue weighted by molar-refractivity contribution is 0.0468. The van der Waals surface area contributed by atoms with Crippen molar-refractivity contribution in [1.82, 2.24) is 9.38 Å². The summed E-state index contributed by atoms with van der Waals surface area (Å²) >= 11 is 1.57. The van der Waals surface area contributed by atoms with Crippen LogP contribution in [0.4, 0.5) is 0 Å². The van der Waals surface area contributed by atoms with Crippen molar-refractivity contribution in [1.29, 1.82) is 0 Å². The van der Waals surface area contributed by atoms with Gasteiger partial charge < -0.3 is 4.74 Å². The van der Waals surface area contributed by atoms with Crippen LogP contribution in [0, 0.1) is 6.92 Å². The van der Waals surface area contributed by atoms with E-state index in [9.17, 15) is 9.59 Å². The molecular weight excluding hydrogens is 336 g/mol. The molecule has 0 bridgehead atoms. The van der Waals surface area contributed by atoms with Crippen molar-refractivity contribution in [2.45, 2.75) is 39.2 Å². The number of aromatic nitrogens is 2. The fourth-order valence-electron chi connectivity index (χ4n) is 3.13. The van der Waals surface area contributed by atoms with Gasteiger partial charge in [0.05, 0.1) is 11.3 Å². The fourth-order valence-corrected chi connectivity index (χ4v) is 4.36. The number of aryl methyl sites for hydroxylation is 3. The summed E-state index contributed by atoms with van der Waals surface area (Å²) in [4.78, 5) is 31.1. The van der Waals surface area contributed by atoms with E-state index in [-0.39, 0.29) is 12.2 Å². The summed E-state index contributed by atoms with van der Waals surface area (Å²) in [7, 11) is 0. The molecule has 4 rings (SSSR count). The molecule has 5 nitrogen and oxygen atoms in total. The minimum atomic E-state index is -0.410. The molecule has 1 aromatic carbocycles. The number of ether oxygens (including phenoxy) is 1. The van der Waals surface area contributed by atoms with Gasteiger partial charge in [0, 0.05) is 16.6 Å². The Morgan fingerprint density at radius 2 is 2.00 bits per heavy atom. The number of hydrogen-bond acceptors (Lipinski definition) is 5. The quantitative estimate of drug-likeness (QED) is 0.677. The molecule has 0 fully saturated rings. The summed E-state index contributed by atoms with van der Waals surface area (Å²) in [6.07, 6.45) is 4.22. The SMILES string of the molecule is Cc1ccc(C(=O)OCc2cc(=O)n3c4c(sc3n2)CCCC4)cc1. The smallest absolute Gasteiger partial charge is 0.338 e. The lowest BCUT2D eigenvalue weighted by atomic mass is 10.0. The fraction of sp³-hybridized carbons (Fsp3) is 0.316. The molecule has 128 valence electrons. The first-order valence-corrected chi connectivity index (χ1v) is 9.20. The van der Waals surface area contributed by atoms with E-state index in [2.05, 4.69) is 4.98 Å². The van der Waals surface area contributed by atoms with Crippen molar-refractivity contribution >= 4 is 22.3 Å². The predicted octanol–water partition coefficient (Wildman–Crippen LogP) is 3.30. The Morgan fingerprint density at radius 1 is 1.24 bits per heavy atom. The van der Waals surface area contributed by atoms with Crippen LogP contribution in [0.1, 0.15) is 45.0 Å². The van der Waals surface area contributed by atoms with Crippen molar-refractivity contribution in [2.24, 2.45) is 0 Å². The Hall–Kier alpha value is -2.47. The van der Waals surface area contributed by atoms with E-state index in [1.54, 1.807) is 27.9 Å². The van der Waals surface area contributed by atoms with E-state index in [0.29, 0.717) is 16.2 Å². The van der Waals surface area contributed by atoms with Gasteiger partial charge in [0.15, 0.2) is 4.96 Å². The number of rotatable bonds is 3. The second kappa shape index (κ2) is 6.44. The zero-order chi connectivity index (χ0) is 17.4. The van der Waals surface area contributed by atoms with Crippen LogP contribution in [0.25, 0.3) is 4.96 Å². The molecular formula is C19H18N2O3S. The van der Waals surface area contributed by atoms with E-state index in [1.165, 1.54) is 10.9 Å². The molecule has 0 radical (unpaired) electrons. The predicted molar refractivity (Wildman–Crippen MR) is 96.3 cm³/mol. The summed E-state index contributed by atoms with van der Waals surface area (Å²) in [6, 6.07) is 8.66. The molecule has 1 aliphatic carbocycles. The van der Waals surface area contributed by atoms with Crippen LogP contribution < -0.4 is 5.56 Å². The Morgan fingerprint density at radius 3 is 2.80 bits per heavy atom. The summed E-state index contributed by atoms with van der Waals surface area (Å²) in [6.45, 7) is 1.96. The molecule has 0 amide bonds. The molecule has 2 heterocycles. The second-order valence-corrected chi connectivity index (χ2v) is 7.39. The number of esters is 1. The van der Waals surface area contributed by atoms with E-state index in [4.69, 9.17) is 4.74 Å². The van der Waals surface area contributed by atoms with Crippen molar-refractivity contribution < 1.29 is 9.53 Å². The third-order valence-electron chi connectivity index (χ3n) is 4.45. The van der Waals surface area contributed by atoms with Crippen molar-refractivity contribution in [3.63, 3.8) is 0 Å². The van der Waals surface area contributed by atoms with Gasteiger partial charge in [-0.25, -0.2) is 9.78 Å². The highest BCUT2D eigenvalue weighted by molar-refractivity contribution is 7.17. The summed E-state index contributed by atoms with van der Waals surface area (Å²) in [5.74, 6) is -0.410. The molecule has 6 heteroatoms. The minimum Gasteiger partial charge on any atom is -0.456 e. The molecule has 0 saturated carbocycles. The average Bonchev–Trinajstić information content (AvgIpc) is 2.99. The van der Waals surface area contributed by atoms with E-state index >= 15 is 0 Å². The molecule has 0 N–H and O–H groups in total. The first-order valence-electron chi connectivity index (χ1n) is 8.39. The number of carbonyl (C=O) groups excluding carboxylic acids is 1. The molecule has 0 saturated heterocycles. The molecule has 1 aliphatic rings. The van der Waals surface area contributed by atoms with Crippen LogP contribution in [0.3, 0.4) is 0 Å². The minimum absolute atomic E-state index is 0.00101. The Balaban J connectivity index is 1.57. The molecule has 0 aliphatic heterocycles. The van der Waals surface area contributed by atoms with Gasteiger partial charge in [-0.2, -0.15) is 0 Å². The summed E-state index contributed by atoms with van der Waals surface area (Å²) in [5.41, 5.74) is 3.08. The normalized spacial score (nSPS) is 13.6. The Kier molecular flexibility index (Phi) is 4.13. The monoisotopic (exact) mass is 354 g/mol. The highest BCUT2D eigenvalue weighted by Gasteiger charge is 2.18. The molecule has 0 atom stereocenters. The molecule has 0 spiro atoms. The highest BCUT2D eigenvalue weighted by Crippen LogP contribution is 2.28. The van der Waals surface area contributed by atoms with Crippen LogP contribution >= 0.6 is 11.3 Å². The highest BCUT2D eigenvalue weighted by atomic mass is 32.1. The number of hydrogen-bond donors (Lipinski definition) is 0. The van der Waals surface area contributed by atoms with Gasteiger partial charge in [0.1, 0.15) is 6.61 Å². The Bertz CT molecular complexity index is 1000. The number of nitrogens with zero attached hydrogens (tertiary/aromatic N) is 2. The topological polar surface area (TPSA) is 60.7 Å². The molecule has 0 unspecified atom stereocenters. The van der Waals surface area contributed by atoms with Crippen LogP contribution in [-0.4, -0.2) is 15.4 Å². The maximum Gasteiger partial charge on any atom is 0.338 e. The molecule has 25 heavy (non-hydrogen) atoms. The first-order chi connectivity index (χ1) is 12.1. The van der Waals surface area contributed by atoms with Gasteiger partial charge in [0.25, 0.3) is 5.56 Å². The number of carbonyl (C=O) groups is 1. The van der Waals surface area contributed by atoms with Gasteiger partial charge in [-0.1, -0.05) is 17.7 Å². The van der Waals surface area contributed by atoms with Crippen LogP contribution in [0.15, 0.2) is 35.1 Å². The largest absolute Gasteiger partial charge is 0.456 e. The molecule has 2 aromatic heterocycles. The van der Waals surface area contributed by atoms with Gasteiger partial charge in [-0.3, -0.25) is 9.20 Å². The van der Waals surface area contributed by atoms with E-state index in [0.717, 1.165) is 36.9 Å². The Labute approximate surface area is 148 Å². The summed E-state index contributed by atoms with van der Waals surface area (Å²) in [5, 5.41) is 0. The van der Waals surface area contributed by atoms with Crippen LogP contribution in [0.5, 0.6) is 0 Å². The van der Waals surface area contributed by atoms with Crippen LogP contribution in [0.2, 0.25) is 0 Å². The number of fused-ring (bicyclic) bond motifs is 3. The van der Waals surface area contributed by atoms with Gasteiger partial charge in [-0.05, 0) is 44.7 Å². The second-order valence-electron chi connectivity index (χ2n) is 6.32. The summed E-state index contributed by atoms with van der Waals surface area (Å²) < 4.78 is 7.03. The lowest BCUT2D eigenvalue weighted by Gasteiger charge is -2.10. The third-order valence-corrected chi connectivity index (χ3v) is 5.60. The van der Waals surface area contributed by atoms with Crippen molar-refractivity contribution in [3.05, 3.63) is 68.1 Å². The number of thiazole rings is 1.